The van der Waals surface area contributed by atoms with Gasteiger partial charge >= 0.3 is 0 Å². The van der Waals surface area contributed by atoms with Gasteiger partial charge in [-0.05, 0) is 67.5 Å². The highest BCUT2D eigenvalue weighted by atomic mass is 32.2. The summed E-state index contributed by atoms with van der Waals surface area (Å²) in [7, 11) is 2.01. The number of rotatable bonds is 6. The Morgan fingerprint density at radius 1 is 1.47 bits per heavy atom. The number of nitrogens with one attached hydrogen (secondary N) is 1. The van der Waals surface area contributed by atoms with Crippen LogP contribution in [0.15, 0.2) is 77.0 Å². The molecule has 1 aromatic heterocycles. The number of thioether (sulfide) groups is 1. The lowest BCUT2D eigenvalue weighted by molar-refractivity contribution is 0.383. The van der Waals surface area contributed by atoms with Crippen molar-refractivity contribution in [2.45, 2.75) is 38.9 Å². The number of anilines is 1. The van der Waals surface area contributed by atoms with E-state index in [-0.39, 0.29) is 5.25 Å². The van der Waals surface area contributed by atoms with Crippen LogP contribution in [-0.4, -0.2) is 29.2 Å². The first-order chi connectivity index (χ1) is 16.5. The molecule has 3 N–H and O–H groups in total. The summed E-state index contributed by atoms with van der Waals surface area (Å²) in [6.07, 6.45) is 18.4. The smallest absolute Gasteiger partial charge is 0.171 e. The summed E-state index contributed by atoms with van der Waals surface area (Å²) in [5.74, 6) is 3.30. The highest BCUT2D eigenvalue weighted by molar-refractivity contribution is 8.02. The fraction of sp³-hybridized carbons (Fsp3) is 0.393. The molecule has 3 rings (SSSR count). The molecule has 1 aromatic rings. The van der Waals surface area contributed by atoms with E-state index in [1.165, 1.54) is 12.8 Å². The van der Waals surface area contributed by atoms with Crippen LogP contribution in [0.25, 0.3) is 0 Å². The first kappa shape index (κ1) is 29.1. The number of hydrogen-bond acceptors (Lipinski definition) is 5. The maximum atomic E-state index is 6.14. The first-order valence-electron chi connectivity index (χ1n) is 11.7. The minimum Gasteiger partial charge on any atom is -0.381 e. The highest BCUT2D eigenvalue weighted by Gasteiger charge is 2.17. The van der Waals surface area contributed by atoms with Crippen LogP contribution in [0.1, 0.15) is 44.6 Å². The maximum Gasteiger partial charge on any atom is 0.171 e. The molecule has 0 aliphatic carbocycles. The molecule has 0 saturated carbocycles. The number of allylic oxidation sites excluding steroid dienone is 5. The zero-order chi connectivity index (χ0) is 25.3. The molecular formula is C28H39N5S. The quantitative estimate of drug-likeness (QED) is 0.334. The Morgan fingerprint density at radius 3 is 2.79 bits per heavy atom. The summed E-state index contributed by atoms with van der Waals surface area (Å²) in [5.41, 5.74) is 13.0. The molecule has 0 aromatic carbocycles. The fourth-order valence-electron chi connectivity index (χ4n) is 3.39. The molecule has 1 fully saturated rings. The van der Waals surface area contributed by atoms with Gasteiger partial charge in [-0.1, -0.05) is 45.2 Å². The third-order valence-corrected chi connectivity index (χ3v) is 6.18. The Morgan fingerprint density at radius 2 is 2.21 bits per heavy atom. The van der Waals surface area contributed by atoms with Crippen molar-refractivity contribution in [1.82, 2.24) is 14.9 Å². The SMILES string of the molecule is C#CC.C=CC=C=CC(=C)C1=CSC(c2cnc(N)c(=NC[C@H]3CCCNC3)n2C)C=C1.CC. The van der Waals surface area contributed by atoms with Gasteiger partial charge in [-0.15, -0.1) is 29.8 Å². The molecule has 2 aliphatic rings. The van der Waals surface area contributed by atoms with E-state index in [9.17, 15) is 0 Å². The molecule has 1 saturated heterocycles. The number of piperidine rings is 1. The molecule has 0 radical (unpaired) electrons. The van der Waals surface area contributed by atoms with Crippen LogP contribution in [0.3, 0.4) is 0 Å². The zero-order valence-electron chi connectivity index (χ0n) is 21.1. The Kier molecular flexibility index (Phi) is 14.2. The van der Waals surface area contributed by atoms with Crippen molar-refractivity contribution in [3.63, 3.8) is 0 Å². The molecule has 1 unspecified atom stereocenters. The Bertz CT molecular complexity index is 1040. The summed E-state index contributed by atoms with van der Waals surface area (Å²) in [4.78, 5) is 9.23. The standard InChI is InChI=1S/C23H29N5S.C3H4.C2H6/c1-4-5-6-8-17(2)19-10-11-21(29-16-19)20-15-26-22(24)23(28(20)3)27-14-18-9-7-12-25-13-18;1-3-2;1-2/h4-5,8,10-11,15-16,18,21,25H,1-2,7,9,12-14H2,3H3,(H2,24,26);1H,2H3;1-2H3/t6?,18-,21?;;/m0../s1. The van der Waals surface area contributed by atoms with Crippen LogP contribution in [0.2, 0.25) is 0 Å². The summed E-state index contributed by atoms with van der Waals surface area (Å²) in [6.45, 7) is 16.3. The van der Waals surface area contributed by atoms with E-state index in [1.807, 2.05) is 33.2 Å². The lowest BCUT2D eigenvalue weighted by Crippen LogP contribution is -2.33. The van der Waals surface area contributed by atoms with Gasteiger partial charge in [0.05, 0.1) is 17.1 Å². The number of nitrogens with two attached hydrogens (primary N) is 1. The van der Waals surface area contributed by atoms with E-state index in [2.05, 4.69) is 63.7 Å². The summed E-state index contributed by atoms with van der Waals surface area (Å²) < 4.78 is 2.07. The Balaban J connectivity index is 0.00000107. The van der Waals surface area contributed by atoms with Gasteiger partial charge in [-0.3, -0.25) is 4.99 Å². The van der Waals surface area contributed by atoms with Crippen molar-refractivity contribution >= 4 is 17.6 Å². The van der Waals surface area contributed by atoms with Gasteiger partial charge < -0.3 is 15.6 Å². The van der Waals surface area contributed by atoms with Crippen LogP contribution in [0.5, 0.6) is 0 Å². The average molecular weight is 478 g/mol. The molecule has 0 amide bonds. The number of hydrogen-bond donors (Lipinski definition) is 2. The first-order valence-corrected chi connectivity index (χ1v) is 12.6. The van der Waals surface area contributed by atoms with E-state index in [0.717, 1.165) is 42.0 Å². The molecule has 0 spiro atoms. The number of aromatic nitrogens is 2. The summed E-state index contributed by atoms with van der Waals surface area (Å²) >= 11 is 1.73. The Labute approximate surface area is 210 Å². The molecule has 2 atom stereocenters. The second-order valence-corrected chi connectivity index (χ2v) is 8.54. The Hall–Kier alpha value is -2.97. The normalized spacial score (nSPS) is 19.0. The summed E-state index contributed by atoms with van der Waals surface area (Å²) in [5, 5.41) is 5.72. The zero-order valence-corrected chi connectivity index (χ0v) is 21.9. The van der Waals surface area contributed by atoms with Crippen LogP contribution in [0.4, 0.5) is 5.82 Å². The number of nitrogens with zero attached hydrogens (tertiary/aromatic N) is 3. The van der Waals surface area contributed by atoms with E-state index >= 15 is 0 Å². The van der Waals surface area contributed by atoms with E-state index in [1.54, 1.807) is 30.8 Å². The summed E-state index contributed by atoms with van der Waals surface area (Å²) in [6, 6.07) is 0. The van der Waals surface area contributed by atoms with Crippen molar-refractivity contribution in [2.75, 3.05) is 25.4 Å². The molecule has 182 valence electrons. The largest absolute Gasteiger partial charge is 0.381 e. The molecular weight excluding hydrogens is 438 g/mol. The number of nitrogen functional groups attached to an aromatic ring is 1. The van der Waals surface area contributed by atoms with Gasteiger partial charge in [0.1, 0.15) is 0 Å². The second-order valence-electron chi connectivity index (χ2n) is 7.52. The van der Waals surface area contributed by atoms with Crippen molar-refractivity contribution in [2.24, 2.45) is 18.0 Å². The van der Waals surface area contributed by atoms with Gasteiger partial charge in [0.25, 0.3) is 0 Å². The van der Waals surface area contributed by atoms with Crippen molar-refractivity contribution in [3.8, 4) is 12.3 Å². The van der Waals surface area contributed by atoms with Gasteiger partial charge in [-0.2, -0.15) is 0 Å². The minimum absolute atomic E-state index is 0.155. The van der Waals surface area contributed by atoms with E-state index < -0.39 is 0 Å². The monoisotopic (exact) mass is 477 g/mol. The predicted molar refractivity (Wildman–Crippen MR) is 149 cm³/mol. The minimum atomic E-state index is 0.155. The molecule has 6 heteroatoms. The average Bonchev–Trinajstić information content (AvgIpc) is 2.86. The van der Waals surface area contributed by atoms with Crippen LogP contribution in [0, 0.1) is 18.3 Å². The molecule has 0 bridgehead atoms. The molecule has 3 heterocycles. The fourth-order valence-corrected chi connectivity index (χ4v) is 4.45. The lowest BCUT2D eigenvalue weighted by atomic mass is 10.0. The topological polar surface area (TPSA) is 68.2 Å². The van der Waals surface area contributed by atoms with Gasteiger partial charge in [0.15, 0.2) is 11.3 Å². The van der Waals surface area contributed by atoms with Crippen LogP contribution >= 0.6 is 11.8 Å². The van der Waals surface area contributed by atoms with Gasteiger partial charge in [-0.25, -0.2) is 4.98 Å². The van der Waals surface area contributed by atoms with E-state index in [4.69, 9.17) is 10.7 Å². The molecule has 34 heavy (non-hydrogen) atoms. The lowest BCUT2D eigenvalue weighted by Gasteiger charge is -2.22. The number of terminal acetylenes is 1. The third kappa shape index (κ3) is 9.11. The molecule has 2 aliphatic heterocycles. The second kappa shape index (κ2) is 16.6. The van der Waals surface area contributed by atoms with Gasteiger partial charge in [0, 0.05) is 13.6 Å². The van der Waals surface area contributed by atoms with Crippen molar-refractivity contribution in [3.05, 3.63) is 83.2 Å². The van der Waals surface area contributed by atoms with Crippen LogP contribution < -0.4 is 16.5 Å². The van der Waals surface area contributed by atoms with Crippen LogP contribution in [-0.2, 0) is 7.05 Å². The third-order valence-electron chi connectivity index (χ3n) is 5.09. The molecule has 5 nitrogen and oxygen atoms in total. The van der Waals surface area contributed by atoms with Crippen molar-refractivity contribution < 1.29 is 0 Å². The highest BCUT2D eigenvalue weighted by Crippen LogP contribution is 2.36. The predicted octanol–water partition coefficient (Wildman–Crippen LogP) is 5.25. The van der Waals surface area contributed by atoms with Gasteiger partial charge in [0.2, 0.25) is 0 Å². The maximum absolute atomic E-state index is 6.14. The van der Waals surface area contributed by atoms with E-state index in [0.29, 0.717) is 11.7 Å². The van der Waals surface area contributed by atoms with Crippen molar-refractivity contribution in [1.29, 1.82) is 0 Å².